The summed E-state index contributed by atoms with van der Waals surface area (Å²) in [4.78, 5) is 7.24. The van der Waals surface area contributed by atoms with Gasteiger partial charge in [0.25, 0.3) is 0 Å². The lowest BCUT2D eigenvalue weighted by molar-refractivity contribution is -0.0249. The first kappa shape index (κ1) is 14.1. The van der Waals surface area contributed by atoms with E-state index in [0.29, 0.717) is 26.9 Å². The van der Waals surface area contributed by atoms with Crippen molar-refractivity contribution in [1.29, 1.82) is 0 Å². The predicted molar refractivity (Wildman–Crippen MR) is 72.8 cm³/mol. The smallest absolute Gasteiger partial charge is 0.144 e. The lowest BCUT2D eigenvalue weighted by atomic mass is 10.1. The maximum absolute atomic E-state index is 9.95. The normalized spacial score (nSPS) is 30.2. The topological polar surface area (TPSA) is 98.6 Å². The standard InChI is InChI=1S/C12H12Cl2N2O4/c13-4-1-6-7(2-5(4)14)16-12(15-6)11-10(19)9(18)8(3-17)20-11/h1-2,8-11,17-19H,3H2,(H,15,16)/t8-,9?,10-,11?/m1/s1. The number of H-pyrrole nitrogens is 1. The number of fused-ring (bicyclic) bond motifs is 1. The Bertz CT molecular complexity index is 609. The minimum atomic E-state index is -1.17. The van der Waals surface area contributed by atoms with Gasteiger partial charge < -0.3 is 25.0 Å². The fraction of sp³-hybridized carbons (Fsp3) is 0.417. The summed E-state index contributed by atoms with van der Waals surface area (Å²) in [5.41, 5.74) is 1.22. The molecule has 2 heterocycles. The first-order valence-corrected chi connectivity index (χ1v) is 6.74. The van der Waals surface area contributed by atoms with E-state index in [4.69, 9.17) is 33.0 Å². The van der Waals surface area contributed by atoms with E-state index in [1.165, 1.54) is 0 Å². The number of aliphatic hydroxyl groups is 3. The third-order valence-corrected chi connectivity index (χ3v) is 4.08. The van der Waals surface area contributed by atoms with Gasteiger partial charge in [-0.2, -0.15) is 0 Å². The number of benzene rings is 1. The van der Waals surface area contributed by atoms with Gasteiger partial charge in [-0.15, -0.1) is 0 Å². The first-order valence-electron chi connectivity index (χ1n) is 5.98. The van der Waals surface area contributed by atoms with Crippen molar-refractivity contribution >= 4 is 34.2 Å². The summed E-state index contributed by atoms with van der Waals surface area (Å²) in [5.74, 6) is 0.348. The number of aromatic nitrogens is 2. The number of aromatic amines is 1. The number of hydrogen-bond acceptors (Lipinski definition) is 5. The molecule has 8 heteroatoms. The molecule has 1 aliphatic rings. The summed E-state index contributed by atoms with van der Waals surface area (Å²) in [7, 11) is 0. The molecule has 4 atom stereocenters. The quantitative estimate of drug-likeness (QED) is 0.662. The molecule has 0 saturated carbocycles. The van der Waals surface area contributed by atoms with Crippen LogP contribution in [0.15, 0.2) is 12.1 Å². The highest BCUT2D eigenvalue weighted by Gasteiger charge is 2.44. The monoisotopic (exact) mass is 318 g/mol. The van der Waals surface area contributed by atoms with Crippen LogP contribution in [0.2, 0.25) is 10.0 Å². The van der Waals surface area contributed by atoms with Gasteiger partial charge in [0.2, 0.25) is 0 Å². The first-order chi connectivity index (χ1) is 9.51. The Hall–Kier alpha value is -0.890. The number of imidazole rings is 1. The predicted octanol–water partition coefficient (Wildman–Crippen LogP) is 1.02. The summed E-state index contributed by atoms with van der Waals surface area (Å²) in [6, 6.07) is 3.22. The van der Waals surface area contributed by atoms with Gasteiger partial charge >= 0.3 is 0 Å². The molecule has 2 aromatic rings. The maximum atomic E-state index is 9.95. The van der Waals surface area contributed by atoms with Crippen LogP contribution in [-0.2, 0) is 4.74 Å². The zero-order valence-electron chi connectivity index (χ0n) is 10.1. The molecule has 0 aliphatic carbocycles. The Morgan fingerprint density at radius 2 is 1.90 bits per heavy atom. The largest absolute Gasteiger partial charge is 0.394 e. The molecular weight excluding hydrogens is 307 g/mol. The third-order valence-electron chi connectivity index (χ3n) is 3.35. The van der Waals surface area contributed by atoms with Crippen molar-refractivity contribution in [2.45, 2.75) is 24.4 Å². The van der Waals surface area contributed by atoms with E-state index in [2.05, 4.69) is 9.97 Å². The van der Waals surface area contributed by atoms with Gasteiger partial charge in [-0.3, -0.25) is 0 Å². The molecule has 20 heavy (non-hydrogen) atoms. The molecule has 0 radical (unpaired) electrons. The summed E-state index contributed by atoms with van der Waals surface area (Å²) in [6.45, 7) is -0.382. The van der Waals surface area contributed by atoms with Crippen LogP contribution >= 0.6 is 23.2 Å². The number of hydrogen-bond donors (Lipinski definition) is 4. The van der Waals surface area contributed by atoms with Crippen molar-refractivity contribution in [3.05, 3.63) is 28.0 Å². The molecule has 1 aliphatic heterocycles. The Morgan fingerprint density at radius 3 is 2.55 bits per heavy atom. The second kappa shape index (κ2) is 5.14. The Kier molecular flexibility index (Phi) is 3.62. The summed E-state index contributed by atoms with van der Waals surface area (Å²) in [6.07, 6.45) is -4.01. The van der Waals surface area contributed by atoms with Crippen molar-refractivity contribution in [3.8, 4) is 0 Å². The molecule has 0 spiro atoms. The highest BCUT2D eigenvalue weighted by Crippen LogP contribution is 2.34. The van der Waals surface area contributed by atoms with Crippen molar-refractivity contribution < 1.29 is 20.1 Å². The second-order valence-corrected chi connectivity index (χ2v) is 5.48. The van der Waals surface area contributed by atoms with E-state index >= 15 is 0 Å². The molecule has 1 aromatic carbocycles. The molecule has 4 N–H and O–H groups in total. The summed E-state index contributed by atoms with van der Waals surface area (Å²) < 4.78 is 5.40. The Labute approximate surface area is 123 Å². The zero-order valence-corrected chi connectivity index (χ0v) is 11.6. The van der Waals surface area contributed by atoms with Crippen LogP contribution in [0.4, 0.5) is 0 Å². The van der Waals surface area contributed by atoms with E-state index in [1.54, 1.807) is 12.1 Å². The van der Waals surface area contributed by atoms with Crippen molar-refractivity contribution in [2.75, 3.05) is 6.61 Å². The average Bonchev–Trinajstić information content (AvgIpc) is 2.93. The van der Waals surface area contributed by atoms with Crippen LogP contribution in [0.3, 0.4) is 0 Å². The highest BCUT2D eigenvalue weighted by molar-refractivity contribution is 6.42. The third kappa shape index (κ3) is 2.18. The van der Waals surface area contributed by atoms with Crippen molar-refractivity contribution in [3.63, 3.8) is 0 Å². The molecule has 1 fully saturated rings. The lowest BCUT2D eigenvalue weighted by Crippen LogP contribution is -2.32. The van der Waals surface area contributed by atoms with Crippen LogP contribution in [0, 0.1) is 0 Å². The van der Waals surface area contributed by atoms with Crippen LogP contribution in [0.5, 0.6) is 0 Å². The molecule has 3 rings (SSSR count). The minimum Gasteiger partial charge on any atom is -0.394 e. The van der Waals surface area contributed by atoms with Crippen molar-refractivity contribution in [2.24, 2.45) is 0 Å². The van der Waals surface area contributed by atoms with Crippen LogP contribution in [0.1, 0.15) is 11.9 Å². The van der Waals surface area contributed by atoms with Gasteiger partial charge in [-0.25, -0.2) is 4.98 Å². The molecule has 2 unspecified atom stereocenters. The van der Waals surface area contributed by atoms with Crippen LogP contribution in [-0.4, -0.2) is 50.2 Å². The summed E-state index contributed by atoms with van der Waals surface area (Å²) in [5, 5.41) is 29.5. The van der Waals surface area contributed by atoms with E-state index in [9.17, 15) is 10.2 Å². The number of nitrogens with one attached hydrogen (secondary N) is 1. The molecule has 1 saturated heterocycles. The fourth-order valence-corrected chi connectivity index (χ4v) is 2.61. The van der Waals surface area contributed by atoms with Gasteiger partial charge in [0.05, 0.1) is 27.7 Å². The average molecular weight is 319 g/mol. The zero-order chi connectivity index (χ0) is 14.4. The van der Waals surface area contributed by atoms with Gasteiger partial charge in [0.15, 0.2) is 0 Å². The molecule has 0 amide bonds. The molecule has 108 valence electrons. The Balaban J connectivity index is 1.99. The minimum absolute atomic E-state index is 0.348. The molecule has 1 aromatic heterocycles. The Morgan fingerprint density at radius 1 is 1.20 bits per heavy atom. The van der Waals surface area contributed by atoms with Gasteiger partial charge in [0, 0.05) is 0 Å². The van der Waals surface area contributed by atoms with Crippen LogP contribution in [0.25, 0.3) is 11.0 Å². The maximum Gasteiger partial charge on any atom is 0.144 e. The second-order valence-electron chi connectivity index (χ2n) is 4.66. The van der Waals surface area contributed by atoms with Gasteiger partial charge in [0.1, 0.15) is 30.2 Å². The number of nitrogens with zero attached hydrogens (tertiary/aromatic N) is 1. The highest BCUT2D eigenvalue weighted by atomic mass is 35.5. The number of aliphatic hydroxyl groups excluding tert-OH is 3. The van der Waals surface area contributed by atoms with Gasteiger partial charge in [-0.1, -0.05) is 23.2 Å². The number of rotatable bonds is 2. The number of ether oxygens (including phenoxy) is 1. The van der Waals surface area contributed by atoms with E-state index in [0.717, 1.165) is 0 Å². The SMILES string of the molecule is OC[C@H]1OC(c2nc3cc(Cl)c(Cl)cc3[nH]2)[C@H](O)C1O. The molecular formula is C12H12Cl2N2O4. The van der Waals surface area contributed by atoms with E-state index in [1.807, 2.05) is 0 Å². The van der Waals surface area contributed by atoms with E-state index < -0.39 is 24.4 Å². The van der Waals surface area contributed by atoms with Crippen molar-refractivity contribution in [1.82, 2.24) is 9.97 Å². The number of halogens is 2. The lowest BCUT2D eigenvalue weighted by Gasteiger charge is -2.11. The molecule has 6 nitrogen and oxygen atoms in total. The van der Waals surface area contributed by atoms with Gasteiger partial charge in [-0.05, 0) is 12.1 Å². The van der Waals surface area contributed by atoms with E-state index in [-0.39, 0.29) is 6.61 Å². The fourth-order valence-electron chi connectivity index (χ4n) is 2.28. The summed E-state index contributed by atoms with van der Waals surface area (Å²) >= 11 is 11.8. The van der Waals surface area contributed by atoms with Crippen LogP contribution < -0.4 is 0 Å². The molecule has 0 bridgehead atoms.